The van der Waals surface area contributed by atoms with Crippen LogP contribution >= 0.6 is 0 Å². The summed E-state index contributed by atoms with van der Waals surface area (Å²) in [6.07, 6.45) is 0.0693. The number of hydrogen-bond donors (Lipinski definition) is 1. The van der Waals surface area contributed by atoms with E-state index in [1.54, 1.807) is 4.90 Å². The first-order chi connectivity index (χ1) is 9.56. The summed E-state index contributed by atoms with van der Waals surface area (Å²) in [6.45, 7) is 2.10. The molecular formula is C15H15NO4. The number of rotatable bonds is 3. The molecule has 20 heavy (non-hydrogen) atoms. The second-order valence-electron chi connectivity index (χ2n) is 5.15. The molecule has 104 valence electrons. The molecule has 0 bridgehead atoms. The van der Waals surface area contributed by atoms with Gasteiger partial charge in [-0.1, -0.05) is 18.2 Å². The summed E-state index contributed by atoms with van der Waals surface area (Å²) in [5, 5.41) is 10.00. The fourth-order valence-electron chi connectivity index (χ4n) is 2.63. The van der Waals surface area contributed by atoms with Crippen molar-refractivity contribution in [2.24, 2.45) is 5.92 Å². The first kappa shape index (κ1) is 12.7. The summed E-state index contributed by atoms with van der Waals surface area (Å²) in [5.74, 6) is -0.983. The van der Waals surface area contributed by atoms with E-state index in [2.05, 4.69) is 0 Å². The third-order valence-corrected chi connectivity index (χ3v) is 3.83. The van der Waals surface area contributed by atoms with Gasteiger partial charge in [-0.2, -0.15) is 0 Å². The zero-order valence-corrected chi connectivity index (χ0v) is 11.1. The van der Waals surface area contributed by atoms with Gasteiger partial charge in [-0.3, -0.25) is 9.59 Å². The van der Waals surface area contributed by atoms with Crippen molar-refractivity contribution in [3.05, 3.63) is 36.1 Å². The van der Waals surface area contributed by atoms with Gasteiger partial charge in [-0.15, -0.1) is 0 Å². The number of carboxylic acids is 1. The number of furan rings is 1. The van der Waals surface area contributed by atoms with E-state index in [1.807, 2.05) is 37.3 Å². The fraction of sp³-hybridized carbons (Fsp3) is 0.333. The highest BCUT2D eigenvalue weighted by Gasteiger charge is 2.37. The minimum Gasteiger partial charge on any atom is -0.481 e. The van der Waals surface area contributed by atoms with Crippen LogP contribution in [-0.4, -0.2) is 28.4 Å². The van der Waals surface area contributed by atoms with E-state index < -0.39 is 11.9 Å². The van der Waals surface area contributed by atoms with E-state index in [0.29, 0.717) is 5.76 Å². The van der Waals surface area contributed by atoms with Gasteiger partial charge in [0.15, 0.2) is 0 Å². The van der Waals surface area contributed by atoms with Crippen molar-refractivity contribution in [3.8, 4) is 0 Å². The van der Waals surface area contributed by atoms with Gasteiger partial charge in [0, 0.05) is 18.4 Å². The van der Waals surface area contributed by atoms with Crippen molar-refractivity contribution in [2.45, 2.75) is 19.4 Å². The molecule has 1 N–H and O–H groups in total. The SMILES string of the molecule is C[C@H](c1cc2ccccc2o1)N1C[C@@H](C(=O)O)CC1=O. The smallest absolute Gasteiger partial charge is 0.308 e. The van der Waals surface area contributed by atoms with Crippen LogP contribution in [0.3, 0.4) is 0 Å². The van der Waals surface area contributed by atoms with E-state index in [4.69, 9.17) is 9.52 Å². The normalized spacial score (nSPS) is 20.6. The molecule has 1 aromatic heterocycles. The fourth-order valence-corrected chi connectivity index (χ4v) is 2.63. The van der Waals surface area contributed by atoms with Crippen LogP contribution in [0.2, 0.25) is 0 Å². The van der Waals surface area contributed by atoms with E-state index in [1.165, 1.54) is 0 Å². The van der Waals surface area contributed by atoms with Crippen LogP contribution in [0.1, 0.15) is 25.1 Å². The highest BCUT2D eigenvalue weighted by atomic mass is 16.4. The molecule has 1 aromatic carbocycles. The van der Waals surface area contributed by atoms with Crippen LogP contribution < -0.4 is 0 Å². The van der Waals surface area contributed by atoms with E-state index >= 15 is 0 Å². The number of likely N-dealkylation sites (tertiary alicyclic amines) is 1. The van der Waals surface area contributed by atoms with Crippen LogP contribution in [0.5, 0.6) is 0 Å². The maximum Gasteiger partial charge on any atom is 0.308 e. The van der Waals surface area contributed by atoms with Gasteiger partial charge in [0.1, 0.15) is 11.3 Å². The summed E-state index contributed by atoms with van der Waals surface area (Å²) in [6, 6.07) is 9.29. The third kappa shape index (κ3) is 2.05. The number of hydrogen-bond acceptors (Lipinski definition) is 3. The van der Waals surface area contributed by atoms with Crippen LogP contribution in [0, 0.1) is 5.92 Å². The largest absolute Gasteiger partial charge is 0.481 e. The molecule has 0 unspecified atom stereocenters. The Kier molecular flexibility index (Phi) is 2.97. The Bertz CT molecular complexity index is 642. The van der Waals surface area contributed by atoms with E-state index in [0.717, 1.165) is 11.0 Å². The molecule has 2 atom stereocenters. The molecule has 1 fully saturated rings. The Hall–Kier alpha value is -2.30. The monoisotopic (exact) mass is 273 g/mol. The Morgan fingerprint density at radius 3 is 2.85 bits per heavy atom. The number of carbonyl (C=O) groups is 2. The third-order valence-electron chi connectivity index (χ3n) is 3.83. The second-order valence-corrected chi connectivity index (χ2v) is 5.15. The second kappa shape index (κ2) is 4.67. The van der Waals surface area contributed by atoms with Crippen molar-refractivity contribution in [1.82, 2.24) is 4.90 Å². The molecule has 0 radical (unpaired) electrons. The quantitative estimate of drug-likeness (QED) is 0.932. The van der Waals surface area contributed by atoms with Gasteiger partial charge in [0.05, 0.1) is 12.0 Å². The molecule has 5 nitrogen and oxygen atoms in total. The molecule has 1 aliphatic rings. The Labute approximate surface area is 115 Å². The van der Waals surface area contributed by atoms with E-state index in [9.17, 15) is 9.59 Å². The lowest BCUT2D eigenvalue weighted by Crippen LogP contribution is -2.29. The summed E-state index contributed by atoms with van der Waals surface area (Å²) < 4.78 is 5.74. The van der Waals surface area contributed by atoms with Crippen molar-refractivity contribution in [2.75, 3.05) is 6.54 Å². The van der Waals surface area contributed by atoms with Gasteiger partial charge >= 0.3 is 5.97 Å². The highest BCUT2D eigenvalue weighted by molar-refractivity contribution is 5.86. The summed E-state index contributed by atoms with van der Waals surface area (Å²) in [4.78, 5) is 24.5. The van der Waals surface area contributed by atoms with Crippen molar-refractivity contribution in [3.63, 3.8) is 0 Å². The Morgan fingerprint density at radius 1 is 1.45 bits per heavy atom. The van der Waals surface area contributed by atoms with Crippen molar-refractivity contribution < 1.29 is 19.1 Å². The number of amides is 1. The van der Waals surface area contributed by atoms with E-state index in [-0.39, 0.29) is 24.9 Å². The molecular weight excluding hydrogens is 258 g/mol. The topological polar surface area (TPSA) is 70.8 Å². The minimum absolute atomic E-state index is 0.0693. The average molecular weight is 273 g/mol. The number of fused-ring (bicyclic) bond motifs is 1. The summed E-state index contributed by atoms with van der Waals surface area (Å²) in [7, 11) is 0. The van der Waals surface area contributed by atoms with Gasteiger partial charge < -0.3 is 14.4 Å². The zero-order valence-electron chi connectivity index (χ0n) is 11.1. The number of aliphatic carboxylic acids is 1. The molecule has 1 saturated heterocycles. The molecule has 2 aromatic rings. The molecule has 3 rings (SSSR count). The Balaban J connectivity index is 1.87. The average Bonchev–Trinajstić information content (AvgIpc) is 3.01. The van der Waals surface area contributed by atoms with Crippen LogP contribution in [-0.2, 0) is 9.59 Å². The van der Waals surface area contributed by atoms with Gasteiger partial charge in [0.2, 0.25) is 5.91 Å². The number of nitrogens with zero attached hydrogens (tertiary/aromatic N) is 1. The number of benzene rings is 1. The highest BCUT2D eigenvalue weighted by Crippen LogP contribution is 2.31. The molecule has 1 aliphatic heterocycles. The van der Waals surface area contributed by atoms with Gasteiger partial charge in [-0.25, -0.2) is 0 Å². The van der Waals surface area contributed by atoms with Crippen LogP contribution in [0.25, 0.3) is 11.0 Å². The zero-order chi connectivity index (χ0) is 14.3. The summed E-state index contributed by atoms with van der Waals surface area (Å²) >= 11 is 0. The van der Waals surface area contributed by atoms with Gasteiger partial charge in [0.25, 0.3) is 0 Å². The Morgan fingerprint density at radius 2 is 2.20 bits per heavy atom. The predicted molar refractivity (Wildman–Crippen MR) is 72.1 cm³/mol. The van der Waals surface area contributed by atoms with Crippen LogP contribution in [0.4, 0.5) is 0 Å². The number of carbonyl (C=O) groups excluding carboxylic acids is 1. The standard InChI is InChI=1S/C15H15NO4/c1-9(16-8-11(15(18)19)7-14(16)17)13-6-10-4-2-3-5-12(10)20-13/h2-6,9,11H,7-8H2,1H3,(H,18,19)/t9-,11+/m1/s1. The van der Waals surface area contributed by atoms with Crippen LogP contribution in [0.15, 0.2) is 34.7 Å². The lowest BCUT2D eigenvalue weighted by atomic mass is 10.1. The molecule has 1 amide bonds. The predicted octanol–water partition coefficient (Wildman–Crippen LogP) is 2.43. The number of carboxylic acid groups (broad SMARTS) is 1. The van der Waals surface area contributed by atoms with Crippen molar-refractivity contribution >= 4 is 22.8 Å². The van der Waals surface area contributed by atoms with Gasteiger partial charge in [-0.05, 0) is 19.1 Å². The molecule has 0 aliphatic carbocycles. The molecule has 2 heterocycles. The lowest BCUT2D eigenvalue weighted by molar-refractivity contribution is -0.141. The maximum absolute atomic E-state index is 11.9. The maximum atomic E-state index is 11.9. The minimum atomic E-state index is -0.919. The number of para-hydroxylation sites is 1. The first-order valence-electron chi connectivity index (χ1n) is 6.57. The molecule has 0 spiro atoms. The van der Waals surface area contributed by atoms with Crippen molar-refractivity contribution in [1.29, 1.82) is 0 Å². The summed E-state index contributed by atoms with van der Waals surface area (Å²) in [5.41, 5.74) is 0.774. The first-order valence-corrected chi connectivity index (χ1v) is 6.57. The molecule has 0 saturated carbocycles. The lowest BCUT2D eigenvalue weighted by Gasteiger charge is -2.22. The molecule has 5 heteroatoms.